The molecule has 256 valence electrons. The highest BCUT2D eigenvalue weighted by Gasteiger charge is 2.30. The zero-order chi connectivity index (χ0) is 36.1. The maximum atomic E-state index is 13.4. The molecule has 1 aliphatic carbocycles. The maximum absolute atomic E-state index is 13.4. The Bertz CT molecular complexity index is 1860. The summed E-state index contributed by atoms with van der Waals surface area (Å²) >= 11 is 0. The number of Topliss-reactive ketones (excluding diaryl/α,β-unsaturated/α-hetero) is 1. The number of phenols is 1. The van der Waals surface area contributed by atoms with E-state index in [1.165, 1.54) is 57.2 Å². The van der Waals surface area contributed by atoms with Gasteiger partial charge in [0.2, 0.25) is 0 Å². The van der Waals surface area contributed by atoms with Crippen LogP contribution in [-0.2, 0) is 40.6 Å². The molecule has 0 heterocycles. The van der Waals surface area contributed by atoms with Crippen LogP contribution in [0.3, 0.4) is 0 Å². The molecule has 0 amide bonds. The van der Waals surface area contributed by atoms with Gasteiger partial charge in [-0.2, -0.15) is 8.42 Å². The Kier molecular flexibility index (Phi) is 11.8. The number of carbonyl (C=O) groups excluding carboxylic acids is 1. The number of rotatable bonds is 15. The SMILES string of the molecule is CC1=C/C(=C(/c2cc(C)c(O)c(CN(CC(=O)O)CC(=O)O)c2)c2ccccc2S(=O)(=O)O)C(C)=C(CN(CC(=O)O)CC(=O)O)C1=O. The van der Waals surface area contributed by atoms with E-state index in [1.54, 1.807) is 0 Å². The van der Waals surface area contributed by atoms with Crippen LogP contribution in [0, 0.1) is 6.92 Å². The first-order valence-electron chi connectivity index (χ1n) is 14.2. The largest absolute Gasteiger partial charge is 0.507 e. The van der Waals surface area contributed by atoms with Gasteiger partial charge in [0, 0.05) is 29.8 Å². The topological polar surface area (TPSA) is 247 Å². The normalized spacial score (nSPS) is 14.7. The maximum Gasteiger partial charge on any atom is 0.317 e. The van der Waals surface area contributed by atoms with Crippen LogP contribution in [0.2, 0.25) is 0 Å². The first kappa shape index (κ1) is 37.3. The minimum Gasteiger partial charge on any atom is -0.507 e. The van der Waals surface area contributed by atoms with Crippen molar-refractivity contribution in [2.75, 3.05) is 32.7 Å². The van der Waals surface area contributed by atoms with Gasteiger partial charge in [-0.25, -0.2) is 0 Å². The van der Waals surface area contributed by atoms with Crippen molar-refractivity contribution < 1.29 is 62.5 Å². The second-order valence-electron chi connectivity index (χ2n) is 11.2. The van der Waals surface area contributed by atoms with E-state index in [0.29, 0.717) is 0 Å². The summed E-state index contributed by atoms with van der Waals surface area (Å²) in [4.78, 5) is 60.9. The molecule has 0 aliphatic heterocycles. The molecular formula is C32H34N2O13S. The van der Waals surface area contributed by atoms with Gasteiger partial charge in [-0.1, -0.05) is 18.2 Å². The number of aliphatic carboxylic acids is 4. The van der Waals surface area contributed by atoms with Crippen LogP contribution in [0.5, 0.6) is 5.75 Å². The van der Waals surface area contributed by atoms with E-state index in [1.807, 2.05) is 0 Å². The van der Waals surface area contributed by atoms with Gasteiger partial charge in [-0.05, 0) is 78.5 Å². The number of aromatic hydroxyl groups is 1. The average Bonchev–Trinajstić information content (AvgIpc) is 2.94. The third kappa shape index (κ3) is 9.22. The number of benzene rings is 2. The van der Waals surface area contributed by atoms with E-state index in [9.17, 15) is 62.5 Å². The van der Waals surface area contributed by atoms with Gasteiger partial charge in [0.15, 0.2) is 5.78 Å². The fourth-order valence-electron chi connectivity index (χ4n) is 5.45. The number of phenolic OH excluding ortho intramolecular Hbond substituents is 1. The van der Waals surface area contributed by atoms with Gasteiger partial charge >= 0.3 is 23.9 Å². The number of allylic oxidation sites excluding steroid dienone is 4. The van der Waals surface area contributed by atoms with Crippen molar-refractivity contribution in [1.29, 1.82) is 0 Å². The quantitative estimate of drug-likeness (QED) is 0.147. The molecule has 0 atom stereocenters. The molecule has 48 heavy (non-hydrogen) atoms. The Labute approximate surface area is 275 Å². The number of carboxylic acid groups (broad SMARTS) is 4. The Balaban J connectivity index is 2.44. The molecule has 16 heteroatoms. The van der Waals surface area contributed by atoms with Crippen molar-refractivity contribution >= 4 is 45.4 Å². The Morgan fingerprint density at radius 2 is 1.27 bits per heavy atom. The molecule has 0 spiro atoms. The van der Waals surface area contributed by atoms with E-state index in [4.69, 9.17) is 0 Å². The van der Waals surface area contributed by atoms with E-state index >= 15 is 0 Å². The third-order valence-corrected chi connectivity index (χ3v) is 8.34. The summed E-state index contributed by atoms with van der Waals surface area (Å²) in [5.74, 6) is -6.13. The van der Waals surface area contributed by atoms with Crippen molar-refractivity contribution in [1.82, 2.24) is 9.80 Å². The van der Waals surface area contributed by atoms with Crippen LogP contribution < -0.4 is 0 Å². The summed E-state index contributed by atoms with van der Waals surface area (Å²) in [6, 6.07) is 8.28. The number of ketones is 1. The predicted molar refractivity (Wildman–Crippen MR) is 169 cm³/mol. The number of carboxylic acids is 4. The van der Waals surface area contributed by atoms with Crippen LogP contribution in [0.25, 0.3) is 5.57 Å². The van der Waals surface area contributed by atoms with Gasteiger partial charge in [0.1, 0.15) is 10.6 Å². The van der Waals surface area contributed by atoms with Crippen molar-refractivity contribution in [3.8, 4) is 5.75 Å². The number of nitrogens with zero attached hydrogens (tertiary/aromatic N) is 2. The zero-order valence-electron chi connectivity index (χ0n) is 26.1. The molecule has 15 nitrogen and oxygen atoms in total. The van der Waals surface area contributed by atoms with Crippen LogP contribution in [0.1, 0.15) is 36.1 Å². The smallest absolute Gasteiger partial charge is 0.317 e. The first-order chi connectivity index (χ1) is 22.3. The van der Waals surface area contributed by atoms with E-state index in [-0.39, 0.29) is 62.4 Å². The van der Waals surface area contributed by atoms with Gasteiger partial charge in [0.05, 0.1) is 26.2 Å². The molecule has 3 rings (SSSR count). The first-order valence-corrected chi connectivity index (χ1v) is 15.6. The summed E-state index contributed by atoms with van der Waals surface area (Å²) < 4.78 is 35.4. The standard InChI is InChI=1S/C32H34N2O13S/c1-17-8-20(10-21(31(17)43)11-33(13-26(35)36)14-27(37)38)30(22-6-4-5-7-25(22)48(45,46)47)23-9-18(2)32(44)24(19(23)3)12-34(15-28(39)40)16-29(41)42/h4-10,43H,11-16H2,1-3H3,(H,35,36)(H,37,38)(H,39,40)(H,41,42)(H,45,46,47)/b30-23+. The minimum absolute atomic E-state index is 0.0270. The molecule has 0 aromatic heterocycles. The number of carbonyl (C=O) groups is 5. The molecule has 1 aliphatic rings. The molecule has 0 fully saturated rings. The lowest BCUT2D eigenvalue weighted by Gasteiger charge is -2.27. The Hall–Kier alpha value is -5.16. The van der Waals surface area contributed by atoms with Crippen LogP contribution >= 0.6 is 0 Å². The lowest BCUT2D eigenvalue weighted by molar-refractivity contribution is -0.143. The summed E-state index contributed by atoms with van der Waals surface area (Å²) in [6.07, 6.45) is 1.46. The molecular weight excluding hydrogens is 652 g/mol. The average molecular weight is 687 g/mol. The lowest BCUT2D eigenvalue weighted by Crippen LogP contribution is -2.37. The van der Waals surface area contributed by atoms with Crippen LogP contribution in [0.4, 0.5) is 0 Å². The monoisotopic (exact) mass is 686 g/mol. The molecule has 0 saturated heterocycles. The molecule has 2 aromatic rings. The van der Waals surface area contributed by atoms with Crippen molar-refractivity contribution in [3.05, 3.63) is 87.0 Å². The van der Waals surface area contributed by atoms with Gasteiger partial charge in [0.25, 0.3) is 10.1 Å². The van der Waals surface area contributed by atoms with Crippen molar-refractivity contribution in [3.63, 3.8) is 0 Å². The molecule has 0 radical (unpaired) electrons. The fraction of sp³-hybridized carbons (Fsp3) is 0.281. The van der Waals surface area contributed by atoms with Crippen molar-refractivity contribution in [2.45, 2.75) is 32.2 Å². The Morgan fingerprint density at radius 3 is 1.77 bits per heavy atom. The van der Waals surface area contributed by atoms with Gasteiger partial charge < -0.3 is 25.5 Å². The second kappa shape index (κ2) is 15.2. The summed E-state index contributed by atoms with van der Waals surface area (Å²) in [7, 11) is -4.87. The fourth-order valence-corrected chi connectivity index (χ4v) is 6.15. The number of aryl methyl sites for hydroxylation is 1. The number of hydrogen-bond acceptors (Lipinski definition) is 10. The molecule has 2 aromatic carbocycles. The van der Waals surface area contributed by atoms with Gasteiger partial charge in [-0.15, -0.1) is 0 Å². The summed E-state index contributed by atoms with van der Waals surface area (Å²) in [6.45, 7) is 0.937. The summed E-state index contributed by atoms with van der Waals surface area (Å²) in [5, 5.41) is 48.3. The highest BCUT2D eigenvalue weighted by molar-refractivity contribution is 7.86. The minimum atomic E-state index is -4.87. The summed E-state index contributed by atoms with van der Waals surface area (Å²) in [5.41, 5.74) is 1.27. The second-order valence-corrected chi connectivity index (χ2v) is 12.6. The molecule has 0 bridgehead atoms. The molecule has 0 unspecified atom stereocenters. The Morgan fingerprint density at radius 1 is 0.771 bits per heavy atom. The highest BCUT2D eigenvalue weighted by Crippen LogP contribution is 2.40. The number of hydrogen-bond donors (Lipinski definition) is 6. The van der Waals surface area contributed by atoms with Crippen LogP contribution in [-0.4, -0.2) is 111 Å². The van der Waals surface area contributed by atoms with Crippen LogP contribution in [0.15, 0.2) is 69.7 Å². The zero-order valence-corrected chi connectivity index (χ0v) is 26.9. The van der Waals surface area contributed by atoms with E-state index in [2.05, 4.69) is 0 Å². The predicted octanol–water partition coefficient (Wildman–Crippen LogP) is 2.04. The van der Waals surface area contributed by atoms with E-state index < -0.39 is 77.4 Å². The molecule has 6 N–H and O–H groups in total. The van der Waals surface area contributed by atoms with E-state index in [0.717, 1.165) is 15.9 Å². The van der Waals surface area contributed by atoms with Gasteiger partial charge in [-0.3, -0.25) is 38.3 Å². The highest BCUT2D eigenvalue weighted by atomic mass is 32.2. The third-order valence-electron chi connectivity index (χ3n) is 7.43. The molecule has 0 saturated carbocycles. The van der Waals surface area contributed by atoms with Crippen molar-refractivity contribution in [2.24, 2.45) is 0 Å². The lowest BCUT2D eigenvalue weighted by atomic mass is 9.81.